The number of likely N-dealkylation sites (N-methyl/N-ethyl adjacent to an activating group) is 1. The molecule has 2 aromatic rings. The summed E-state index contributed by atoms with van der Waals surface area (Å²) in [6, 6.07) is 11.9. The molecule has 0 heterocycles. The average Bonchev–Trinajstić information content (AvgIpc) is 2.77. The van der Waals surface area contributed by atoms with Crippen LogP contribution in [0.4, 0.5) is 5.69 Å². The quantitative estimate of drug-likeness (QED) is 0.570. The molecule has 0 radical (unpaired) electrons. The molecule has 33 heavy (non-hydrogen) atoms. The molecule has 0 bridgehead atoms. The van der Waals surface area contributed by atoms with E-state index < -0.39 is 28.5 Å². The standard InChI is InChI=1S/C24H33N3O5S/c1-7-21(24(29)25-4)26(15-19-12-9-13-20(14-19)32-5)22(28)16-27(33(6,30)31)23-17(2)10-8-11-18(23)3/h8-14,21H,7,15-16H2,1-6H3,(H,25,29). The van der Waals surface area contributed by atoms with Gasteiger partial charge in [0.25, 0.3) is 0 Å². The molecule has 1 unspecified atom stereocenters. The first-order chi connectivity index (χ1) is 15.5. The fraction of sp³-hybridized carbons (Fsp3) is 0.417. The van der Waals surface area contributed by atoms with Gasteiger partial charge in [-0.15, -0.1) is 0 Å². The third-order valence-electron chi connectivity index (χ3n) is 5.49. The Hall–Kier alpha value is -3.07. The summed E-state index contributed by atoms with van der Waals surface area (Å²) in [5, 5.41) is 2.60. The molecule has 2 amide bonds. The number of nitrogens with zero attached hydrogens (tertiary/aromatic N) is 2. The topological polar surface area (TPSA) is 96.0 Å². The van der Waals surface area contributed by atoms with Gasteiger partial charge in [-0.05, 0) is 49.1 Å². The molecule has 0 aliphatic rings. The van der Waals surface area contributed by atoms with Crippen LogP contribution in [0.1, 0.15) is 30.0 Å². The van der Waals surface area contributed by atoms with Crippen LogP contribution >= 0.6 is 0 Å². The van der Waals surface area contributed by atoms with E-state index in [1.807, 2.05) is 19.1 Å². The maximum Gasteiger partial charge on any atom is 0.244 e. The minimum Gasteiger partial charge on any atom is -0.497 e. The van der Waals surface area contributed by atoms with Gasteiger partial charge in [-0.3, -0.25) is 13.9 Å². The largest absolute Gasteiger partial charge is 0.497 e. The van der Waals surface area contributed by atoms with Gasteiger partial charge in [0.05, 0.1) is 19.1 Å². The van der Waals surface area contributed by atoms with Gasteiger partial charge >= 0.3 is 0 Å². The Bertz CT molecular complexity index is 1080. The van der Waals surface area contributed by atoms with E-state index in [0.29, 0.717) is 17.9 Å². The van der Waals surface area contributed by atoms with Crippen LogP contribution in [0.3, 0.4) is 0 Å². The van der Waals surface area contributed by atoms with Crippen molar-refractivity contribution in [3.8, 4) is 5.75 Å². The zero-order chi connectivity index (χ0) is 24.8. The van der Waals surface area contributed by atoms with Crippen molar-refractivity contribution in [1.82, 2.24) is 10.2 Å². The highest BCUT2D eigenvalue weighted by atomic mass is 32.2. The maximum atomic E-state index is 13.6. The highest BCUT2D eigenvalue weighted by Crippen LogP contribution is 2.27. The summed E-state index contributed by atoms with van der Waals surface area (Å²) in [5.74, 6) is -0.158. The second-order valence-corrected chi connectivity index (χ2v) is 9.83. The van der Waals surface area contributed by atoms with Crippen molar-refractivity contribution in [3.63, 3.8) is 0 Å². The van der Waals surface area contributed by atoms with Crippen molar-refractivity contribution in [2.24, 2.45) is 0 Å². The monoisotopic (exact) mass is 475 g/mol. The van der Waals surface area contributed by atoms with Crippen molar-refractivity contribution < 1.29 is 22.7 Å². The lowest BCUT2D eigenvalue weighted by atomic mass is 10.1. The van der Waals surface area contributed by atoms with Crippen LogP contribution in [0.5, 0.6) is 5.75 Å². The number of sulfonamides is 1. The lowest BCUT2D eigenvalue weighted by molar-refractivity contribution is -0.140. The molecular formula is C24H33N3O5S. The van der Waals surface area contributed by atoms with E-state index in [0.717, 1.165) is 27.3 Å². The number of hydrogen-bond acceptors (Lipinski definition) is 5. The van der Waals surface area contributed by atoms with Crippen molar-refractivity contribution in [3.05, 3.63) is 59.2 Å². The number of benzene rings is 2. The molecule has 1 N–H and O–H groups in total. The first-order valence-electron chi connectivity index (χ1n) is 10.7. The first-order valence-corrected chi connectivity index (χ1v) is 12.6. The predicted molar refractivity (Wildman–Crippen MR) is 130 cm³/mol. The number of amides is 2. The number of carbonyl (C=O) groups excluding carboxylic acids is 2. The molecule has 2 aromatic carbocycles. The summed E-state index contributed by atoms with van der Waals surface area (Å²) in [6.45, 7) is 5.14. The van der Waals surface area contributed by atoms with Crippen LogP contribution in [-0.2, 0) is 26.2 Å². The highest BCUT2D eigenvalue weighted by molar-refractivity contribution is 7.92. The van der Waals surface area contributed by atoms with Crippen LogP contribution in [0.25, 0.3) is 0 Å². The summed E-state index contributed by atoms with van der Waals surface area (Å²) in [5.41, 5.74) is 2.72. The number of nitrogens with one attached hydrogen (secondary N) is 1. The van der Waals surface area contributed by atoms with Crippen molar-refractivity contribution in [1.29, 1.82) is 0 Å². The van der Waals surface area contributed by atoms with E-state index in [9.17, 15) is 18.0 Å². The number of para-hydroxylation sites is 1. The van der Waals surface area contributed by atoms with Gasteiger partial charge in [-0.2, -0.15) is 0 Å². The molecule has 0 saturated carbocycles. The molecule has 1 atom stereocenters. The molecule has 180 valence electrons. The second-order valence-electron chi connectivity index (χ2n) is 7.92. The van der Waals surface area contributed by atoms with E-state index in [-0.39, 0.29) is 12.5 Å². The molecule has 0 aliphatic heterocycles. The third kappa shape index (κ3) is 6.47. The molecule has 0 aliphatic carbocycles. The molecule has 8 nitrogen and oxygen atoms in total. The zero-order valence-corrected chi connectivity index (χ0v) is 20.9. The number of anilines is 1. The minimum absolute atomic E-state index is 0.131. The fourth-order valence-corrected chi connectivity index (χ4v) is 4.79. The molecule has 0 fully saturated rings. The van der Waals surface area contributed by atoms with E-state index in [1.54, 1.807) is 51.3 Å². The second kappa shape index (κ2) is 11.2. The lowest BCUT2D eigenvalue weighted by Gasteiger charge is -2.33. The van der Waals surface area contributed by atoms with Gasteiger partial charge in [-0.1, -0.05) is 37.3 Å². The number of hydrogen-bond donors (Lipinski definition) is 1. The zero-order valence-electron chi connectivity index (χ0n) is 20.1. The number of aryl methyl sites for hydroxylation is 2. The van der Waals surface area contributed by atoms with Crippen LogP contribution in [0.15, 0.2) is 42.5 Å². The average molecular weight is 476 g/mol. The minimum atomic E-state index is -3.77. The summed E-state index contributed by atoms with van der Waals surface area (Å²) in [6.07, 6.45) is 1.45. The van der Waals surface area contributed by atoms with E-state index in [1.165, 1.54) is 11.9 Å². The molecule has 9 heteroatoms. The maximum absolute atomic E-state index is 13.6. The first kappa shape index (κ1) is 26.2. The number of methoxy groups -OCH3 is 1. The molecule has 0 spiro atoms. The van der Waals surface area contributed by atoms with Gasteiger partial charge in [0, 0.05) is 13.6 Å². The molecule has 0 saturated heterocycles. The fourth-order valence-electron chi connectivity index (χ4n) is 3.83. The number of carbonyl (C=O) groups is 2. The molecule has 0 aromatic heterocycles. The van der Waals surface area contributed by atoms with Crippen LogP contribution in [0.2, 0.25) is 0 Å². The van der Waals surface area contributed by atoms with Gasteiger partial charge < -0.3 is 15.0 Å². The summed E-state index contributed by atoms with van der Waals surface area (Å²) in [4.78, 5) is 27.6. The summed E-state index contributed by atoms with van der Waals surface area (Å²) >= 11 is 0. The van der Waals surface area contributed by atoms with Crippen molar-refractivity contribution >= 4 is 27.5 Å². The SMILES string of the molecule is CCC(C(=O)NC)N(Cc1cccc(OC)c1)C(=O)CN(c1c(C)cccc1C)S(C)(=O)=O. The van der Waals surface area contributed by atoms with Crippen LogP contribution < -0.4 is 14.4 Å². The van der Waals surface area contributed by atoms with E-state index >= 15 is 0 Å². The van der Waals surface area contributed by atoms with Gasteiger partial charge in [0.15, 0.2) is 0 Å². The summed E-state index contributed by atoms with van der Waals surface area (Å²) in [7, 11) is -0.704. The Morgan fingerprint density at radius 3 is 2.21 bits per heavy atom. The predicted octanol–water partition coefficient (Wildman–Crippen LogP) is 2.63. The van der Waals surface area contributed by atoms with E-state index in [4.69, 9.17) is 4.74 Å². The Labute approximate surface area is 196 Å². The van der Waals surface area contributed by atoms with Gasteiger partial charge in [-0.25, -0.2) is 8.42 Å². The third-order valence-corrected chi connectivity index (χ3v) is 6.60. The van der Waals surface area contributed by atoms with Crippen LogP contribution in [0, 0.1) is 13.8 Å². The Morgan fingerprint density at radius 2 is 1.70 bits per heavy atom. The van der Waals surface area contributed by atoms with Crippen molar-refractivity contribution in [2.75, 3.05) is 31.3 Å². The smallest absolute Gasteiger partial charge is 0.244 e. The normalized spacial score (nSPS) is 12.1. The summed E-state index contributed by atoms with van der Waals surface area (Å²) < 4.78 is 31.8. The highest BCUT2D eigenvalue weighted by Gasteiger charge is 2.32. The molecule has 2 rings (SSSR count). The Kier molecular flexibility index (Phi) is 8.87. The van der Waals surface area contributed by atoms with Crippen LogP contribution in [-0.4, -0.2) is 58.1 Å². The van der Waals surface area contributed by atoms with Gasteiger partial charge in [0.2, 0.25) is 21.8 Å². The lowest BCUT2D eigenvalue weighted by Crippen LogP contribution is -2.51. The number of ether oxygens (including phenoxy) is 1. The van der Waals surface area contributed by atoms with Crippen molar-refractivity contribution in [2.45, 2.75) is 39.8 Å². The van der Waals surface area contributed by atoms with Gasteiger partial charge in [0.1, 0.15) is 18.3 Å². The Balaban J connectivity index is 2.50. The number of rotatable bonds is 10. The Morgan fingerprint density at radius 1 is 1.09 bits per heavy atom. The van der Waals surface area contributed by atoms with E-state index in [2.05, 4.69) is 5.32 Å². The molecular weight excluding hydrogens is 442 g/mol.